The molecule has 0 heterocycles. The second-order valence-corrected chi connectivity index (χ2v) is 4.90. The number of nitrogens with two attached hydrogens (primary N) is 2. The highest BCUT2D eigenvalue weighted by molar-refractivity contribution is 5.91. The van der Waals surface area contributed by atoms with Gasteiger partial charge in [0.05, 0.1) is 19.6 Å². The Balaban J connectivity index is 4.42. The fraction of sp³-hybridized carbons (Fsp3) is 0.692. The maximum atomic E-state index is 12.0. The van der Waals surface area contributed by atoms with Crippen molar-refractivity contribution in [3.05, 3.63) is 0 Å². The van der Waals surface area contributed by atoms with Gasteiger partial charge in [0.2, 0.25) is 23.6 Å². The number of carbonyl (C=O) groups excluding carboxylic acids is 4. The summed E-state index contributed by atoms with van der Waals surface area (Å²) in [5, 5.41) is 9.91. The SMILES string of the molecule is CNCC(=O)NCC(=O)NC(CCCCN)C(=O)NCC(N)=O. The molecule has 8 N–H and O–H groups in total. The molecule has 0 aromatic heterocycles. The minimum absolute atomic E-state index is 0.0896. The minimum atomic E-state index is -0.811. The first-order chi connectivity index (χ1) is 10.9. The van der Waals surface area contributed by atoms with Crippen LogP contribution in [0.4, 0.5) is 0 Å². The first-order valence-corrected chi connectivity index (χ1v) is 7.37. The highest BCUT2D eigenvalue weighted by atomic mass is 16.2. The number of carbonyl (C=O) groups is 4. The Morgan fingerprint density at radius 2 is 1.65 bits per heavy atom. The molecule has 4 amide bonds. The van der Waals surface area contributed by atoms with Crippen molar-refractivity contribution in [2.24, 2.45) is 11.5 Å². The molecule has 0 saturated heterocycles. The summed E-state index contributed by atoms with van der Waals surface area (Å²) in [6.45, 7) is 0.0218. The van der Waals surface area contributed by atoms with Gasteiger partial charge in [0.1, 0.15) is 6.04 Å². The molecule has 0 bridgehead atoms. The van der Waals surface area contributed by atoms with Crippen LogP contribution in [0.25, 0.3) is 0 Å². The van der Waals surface area contributed by atoms with Crippen molar-refractivity contribution in [3.8, 4) is 0 Å². The standard InChI is InChI=1S/C13H26N6O4/c1-16-7-11(21)17-8-12(22)19-9(4-2-3-5-14)13(23)18-6-10(15)20/h9,16H,2-8,14H2,1H3,(H2,15,20)(H,17,21)(H,18,23)(H,19,22). The average molecular weight is 330 g/mol. The van der Waals surface area contributed by atoms with E-state index in [2.05, 4.69) is 21.3 Å². The summed E-state index contributed by atoms with van der Waals surface area (Å²) in [6, 6.07) is -0.811. The normalized spacial score (nSPS) is 11.4. The molecule has 0 rings (SSSR count). The smallest absolute Gasteiger partial charge is 0.243 e. The van der Waals surface area contributed by atoms with Crippen molar-refractivity contribution in [2.45, 2.75) is 25.3 Å². The Kier molecular flexibility index (Phi) is 11.2. The Bertz CT molecular complexity index is 415. The van der Waals surface area contributed by atoms with Gasteiger partial charge in [0, 0.05) is 0 Å². The Labute approximate surface area is 135 Å². The van der Waals surface area contributed by atoms with Crippen molar-refractivity contribution in [1.29, 1.82) is 0 Å². The second-order valence-electron chi connectivity index (χ2n) is 4.90. The molecule has 10 nitrogen and oxygen atoms in total. The lowest BCUT2D eigenvalue weighted by molar-refractivity contribution is -0.130. The van der Waals surface area contributed by atoms with Crippen molar-refractivity contribution in [2.75, 3.05) is 33.2 Å². The van der Waals surface area contributed by atoms with Gasteiger partial charge in [0.25, 0.3) is 0 Å². The topological polar surface area (TPSA) is 168 Å². The summed E-state index contributed by atoms with van der Waals surface area (Å²) in [5.41, 5.74) is 10.4. The van der Waals surface area contributed by atoms with Gasteiger partial charge in [0.15, 0.2) is 0 Å². The average Bonchev–Trinajstić information content (AvgIpc) is 2.50. The first kappa shape index (κ1) is 20.8. The zero-order chi connectivity index (χ0) is 17.7. The van der Waals surface area contributed by atoms with Gasteiger partial charge in [-0.05, 0) is 32.9 Å². The fourth-order valence-electron chi connectivity index (χ4n) is 1.71. The van der Waals surface area contributed by atoms with Gasteiger partial charge in [-0.2, -0.15) is 0 Å². The number of likely N-dealkylation sites (N-methyl/N-ethyl adjacent to an activating group) is 1. The molecule has 0 saturated carbocycles. The summed E-state index contributed by atoms with van der Waals surface area (Å²) in [6.07, 6.45) is 1.71. The molecule has 132 valence electrons. The fourth-order valence-corrected chi connectivity index (χ4v) is 1.71. The molecule has 0 aliphatic carbocycles. The quantitative estimate of drug-likeness (QED) is 0.203. The first-order valence-electron chi connectivity index (χ1n) is 7.37. The Morgan fingerprint density at radius 3 is 2.22 bits per heavy atom. The van der Waals surface area contributed by atoms with E-state index >= 15 is 0 Å². The molecule has 23 heavy (non-hydrogen) atoms. The molecule has 0 aliphatic rings. The molecule has 0 radical (unpaired) electrons. The van der Waals surface area contributed by atoms with E-state index in [4.69, 9.17) is 11.5 Å². The molecule has 0 fully saturated rings. The van der Waals surface area contributed by atoms with E-state index in [0.717, 1.165) is 0 Å². The summed E-state index contributed by atoms with van der Waals surface area (Å²) in [4.78, 5) is 45.7. The van der Waals surface area contributed by atoms with E-state index in [1.165, 1.54) is 0 Å². The lowest BCUT2D eigenvalue weighted by Crippen LogP contribution is -2.51. The third kappa shape index (κ3) is 11.1. The highest BCUT2D eigenvalue weighted by Crippen LogP contribution is 2.00. The van der Waals surface area contributed by atoms with Crippen LogP contribution in [0.15, 0.2) is 0 Å². The summed E-state index contributed by atoms with van der Waals surface area (Å²) in [5.74, 6) is -2.01. The van der Waals surface area contributed by atoms with Gasteiger partial charge < -0.3 is 32.7 Å². The van der Waals surface area contributed by atoms with Crippen molar-refractivity contribution < 1.29 is 19.2 Å². The van der Waals surface area contributed by atoms with Crippen LogP contribution < -0.4 is 32.7 Å². The van der Waals surface area contributed by atoms with Gasteiger partial charge >= 0.3 is 0 Å². The van der Waals surface area contributed by atoms with Crippen molar-refractivity contribution in [1.82, 2.24) is 21.3 Å². The maximum Gasteiger partial charge on any atom is 0.243 e. The number of nitrogens with one attached hydrogen (secondary N) is 4. The van der Waals surface area contributed by atoms with Crippen LogP contribution in [-0.4, -0.2) is 62.9 Å². The summed E-state index contributed by atoms with van der Waals surface area (Å²) < 4.78 is 0. The number of rotatable bonds is 12. The molecule has 0 spiro atoms. The van der Waals surface area contributed by atoms with E-state index in [1.807, 2.05) is 0 Å². The van der Waals surface area contributed by atoms with Crippen LogP contribution in [-0.2, 0) is 19.2 Å². The van der Waals surface area contributed by atoms with Gasteiger partial charge in [-0.15, -0.1) is 0 Å². The summed E-state index contributed by atoms with van der Waals surface area (Å²) >= 11 is 0. The predicted molar refractivity (Wildman–Crippen MR) is 84.0 cm³/mol. The molecule has 1 unspecified atom stereocenters. The van der Waals surface area contributed by atoms with E-state index in [1.54, 1.807) is 7.05 Å². The minimum Gasteiger partial charge on any atom is -0.368 e. The van der Waals surface area contributed by atoms with Crippen LogP contribution in [0, 0.1) is 0 Å². The lowest BCUT2D eigenvalue weighted by atomic mass is 10.1. The predicted octanol–water partition coefficient (Wildman–Crippen LogP) is -3.46. The number of hydrogen-bond donors (Lipinski definition) is 6. The number of amides is 4. The number of unbranched alkanes of at least 4 members (excludes halogenated alkanes) is 1. The molecule has 10 heteroatoms. The van der Waals surface area contributed by atoms with Crippen LogP contribution in [0.5, 0.6) is 0 Å². The van der Waals surface area contributed by atoms with Crippen LogP contribution in [0.2, 0.25) is 0 Å². The van der Waals surface area contributed by atoms with Gasteiger partial charge in [-0.1, -0.05) is 0 Å². The molecule has 1 atom stereocenters. The van der Waals surface area contributed by atoms with Crippen molar-refractivity contribution >= 4 is 23.6 Å². The summed E-state index contributed by atoms with van der Waals surface area (Å²) in [7, 11) is 1.61. The third-order valence-electron chi connectivity index (χ3n) is 2.82. The maximum absolute atomic E-state index is 12.0. The number of hydrogen-bond acceptors (Lipinski definition) is 6. The zero-order valence-corrected chi connectivity index (χ0v) is 13.3. The van der Waals surface area contributed by atoms with Crippen molar-refractivity contribution in [3.63, 3.8) is 0 Å². The Hall–Kier alpha value is -2.20. The Morgan fingerprint density at radius 1 is 0.957 bits per heavy atom. The monoisotopic (exact) mass is 330 g/mol. The van der Waals surface area contributed by atoms with Crippen LogP contribution in [0.1, 0.15) is 19.3 Å². The van der Waals surface area contributed by atoms with E-state index in [0.29, 0.717) is 25.8 Å². The molecular formula is C13H26N6O4. The highest BCUT2D eigenvalue weighted by Gasteiger charge is 2.20. The second kappa shape index (κ2) is 12.4. The molecular weight excluding hydrogens is 304 g/mol. The lowest BCUT2D eigenvalue weighted by Gasteiger charge is -2.18. The van der Waals surface area contributed by atoms with E-state index in [9.17, 15) is 19.2 Å². The van der Waals surface area contributed by atoms with Crippen LogP contribution in [0.3, 0.4) is 0 Å². The molecule has 0 aliphatic heterocycles. The van der Waals surface area contributed by atoms with Crippen LogP contribution >= 0.6 is 0 Å². The molecule has 0 aromatic carbocycles. The van der Waals surface area contributed by atoms with E-state index < -0.39 is 23.8 Å². The van der Waals surface area contributed by atoms with E-state index in [-0.39, 0.29) is 25.5 Å². The number of primary amides is 1. The molecule has 0 aromatic rings. The zero-order valence-electron chi connectivity index (χ0n) is 13.3. The van der Waals surface area contributed by atoms with Gasteiger partial charge in [-0.3, -0.25) is 19.2 Å². The third-order valence-corrected chi connectivity index (χ3v) is 2.82. The van der Waals surface area contributed by atoms with Gasteiger partial charge in [-0.25, -0.2) is 0 Å². The largest absolute Gasteiger partial charge is 0.368 e.